The van der Waals surface area contributed by atoms with Gasteiger partial charge in [-0.2, -0.15) is 5.26 Å². The van der Waals surface area contributed by atoms with Crippen LogP contribution in [0.4, 0.5) is 0 Å². The number of furan rings is 1. The van der Waals surface area contributed by atoms with Crippen molar-refractivity contribution < 1.29 is 14.0 Å². The van der Waals surface area contributed by atoms with Crippen molar-refractivity contribution in [3.63, 3.8) is 0 Å². The number of carbonyl (C=O) groups is 2. The van der Waals surface area contributed by atoms with Crippen LogP contribution in [0.2, 0.25) is 0 Å². The fourth-order valence-electron chi connectivity index (χ4n) is 2.77. The monoisotopic (exact) mass is 470 g/mol. The van der Waals surface area contributed by atoms with Gasteiger partial charge in [0, 0.05) is 21.3 Å². The molecule has 2 amide bonds. The van der Waals surface area contributed by atoms with Crippen LogP contribution in [-0.4, -0.2) is 23.3 Å². The van der Waals surface area contributed by atoms with Gasteiger partial charge in [-0.3, -0.25) is 14.5 Å². The zero-order chi connectivity index (χ0) is 19.6. The lowest BCUT2D eigenvalue weighted by molar-refractivity contribution is -0.139. The molecule has 2 aromatic rings. The quantitative estimate of drug-likeness (QED) is 0.289. The topological polar surface area (TPSA) is 74.3 Å². The van der Waals surface area contributed by atoms with Gasteiger partial charge in [-0.1, -0.05) is 18.2 Å². The molecule has 1 aromatic heterocycles. The predicted octanol–water partition coefficient (Wildman–Crippen LogP) is 4.33. The number of rotatable bonds is 4. The number of amides is 2. The zero-order valence-corrected chi connectivity index (χ0v) is 16.7. The Labute approximate surface area is 170 Å². The van der Waals surface area contributed by atoms with Gasteiger partial charge in [-0.25, -0.2) is 0 Å². The van der Waals surface area contributed by atoms with Crippen molar-refractivity contribution in [2.45, 2.75) is 6.92 Å². The fraction of sp³-hybridized carbons (Fsp3) is 0.0952. The molecule has 0 bridgehead atoms. The van der Waals surface area contributed by atoms with Gasteiger partial charge in [-0.15, -0.1) is 6.58 Å². The Morgan fingerprint density at radius 1 is 1.19 bits per heavy atom. The third-order valence-electron chi connectivity index (χ3n) is 4.18. The van der Waals surface area contributed by atoms with Gasteiger partial charge in [0.2, 0.25) is 0 Å². The molecule has 3 rings (SSSR count). The van der Waals surface area contributed by atoms with E-state index in [9.17, 15) is 14.9 Å². The second-order valence-electron chi connectivity index (χ2n) is 5.89. The molecular weight excluding hydrogens is 455 g/mol. The van der Waals surface area contributed by atoms with E-state index >= 15 is 0 Å². The number of benzene rings is 1. The minimum atomic E-state index is -0.601. The predicted molar refractivity (Wildman–Crippen MR) is 110 cm³/mol. The molecule has 1 aromatic carbocycles. The molecule has 0 radical (unpaired) electrons. The summed E-state index contributed by atoms with van der Waals surface area (Å²) in [5.74, 6) is 0.0683. The number of hydrogen-bond donors (Lipinski definition) is 0. The van der Waals surface area contributed by atoms with Crippen LogP contribution in [0.3, 0.4) is 0 Å². The molecule has 0 fully saturated rings. The van der Waals surface area contributed by atoms with Crippen LogP contribution in [0.1, 0.15) is 12.7 Å². The summed E-state index contributed by atoms with van der Waals surface area (Å²) in [6.45, 7) is 5.19. The average molecular weight is 470 g/mol. The average Bonchev–Trinajstić information content (AvgIpc) is 3.12. The standard InChI is InChI=1S/C21H15IN2O3/c1-3-10-24-20(25)17(13(2)18(12-23)21(24)26)11-16-8-9-19(27-16)14-4-6-15(22)7-5-14/h3-9,11H,1,10H2,2H3/b17-11+. The molecule has 2 heterocycles. The van der Waals surface area contributed by atoms with Crippen LogP contribution in [-0.2, 0) is 9.59 Å². The molecule has 134 valence electrons. The lowest BCUT2D eigenvalue weighted by atomic mass is 9.94. The van der Waals surface area contributed by atoms with Crippen LogP contribution < -0.4 is 0 Å². The molecule has 0 saturated heterocycles. The van der Waals surface area contributed by atoms with Gasteiger partial charge in [0.15, 0.2) is 0 Å². The Morgan fingerprint density at radius 3 is 2.52 bits per heavy atom. The van der Waals surface area contributed by atoms with Gasteiger partial charge in [0.1, 0.15) is 23.2 Å². The highest BCUT2D eigenvalue weighted by atomic mass is 127. The van der Waals surface area contributed by atoms with Crippen LogP contribution >= 0.6 is 22.6 Å². The number of hydrogen-bond acceptors (Lipinski definition) is 4. The van der Waals surface area contributed by atoms with Gasteiger partial charge >= 0.3 is 0 Å². The van der Waals surface area contributed by atoms with E-state index in [0.29, 0.717) is 17.1 Å². The third kappa shape index (κ3) is 3.64. The van der Waals surface area contributed by atoms with E-state index in [4.69, 9.17) is 4.42 Å². The maximum absolute atomic E-state index is 12.7. The molecule has 0 saturated carbocycles. The van der Waals surface area contributed by atoms with E-state index in [2.05, 4.69) is 29.2 Å². The van der Waals surface area contributed by atoms with Crippen molar-refractivity contribution in [1.29, 1.82) is 5.26 Å². The Hall–Kier alpha value is -2.92. The number of nitrogens with zero attached hydrogens (tertiary/aromatic N) is 2. The molecule has 0 aliphatic carbocycles. The first-order valence-corrected chi connectivity index (χ1v) is 9.20. The van der Waals surface area contributed by atoms with Crippen LogP contribution in [0.25, 0.3) is 17.4 Å². The molecule has 0 unspecified atom stereocenters. The maximum atomic E-state index is 12.7. The van der Waals surface area contributed by atoms with Crippen LogP contribution in [0, 0.1) is 14.9 Å². The maximum Gasteiger partial charge on any atom is 0.271 e. The number of carbonyl (C=O) groups excluding carboxylic acids is 2. The molecular formula is C21H15IN2O3. The fourth-order valence-corrected chi connectivity index (χ4v) is 3.13. The van der Waals surface area contributed by atoms with Crippen LogP contribution in [0.15, 0.2) is 70.2 Å². The number of nitriles is 1. The minimum absolute atomic E-state index is 0.0412. The second kappa shape index (κ2) is 7.76. The van der Waals surface area contributed by atoms with Crippen molar-refractivity contribution in [3.05, 3.63) is 75.1 Å². The van der Waals surface area contributed by atoms with Gasteiger partial charge in [-0.05, 0) is 65.4 Å². The lowest BCUT2D eigenvalue weighted by Crippen LogP contribution is -2.42. The van der Waals surface area contributed by atoms with Crippen molar-refractivity contribution in [3.8, 4) is 17.4 Å². The number of imide groups is 1. The van der Waals surface area contributed by atoms with E-state index in [1.54, 1.807) is 19.1 Å². The summed E-state index contributed by atoms with van der Waals surface area (Å²) in [6, 6.07) is 13.3. The van der Waals surface area contributed by atoms with E-state index in [1.165, 1.54) is 6.08 Å². The van der Waals surface area contributed by atoms with Crippen molar-refractivity contribution in [2.75, 3.05) is 6.54 Å². The molecule has 0 N–H and O–H groups in total. The Morgan fingerprint density at radius 2 is 1.89 bits per heavy atom. The largest absolute Gasteiger partial charge is 0.457 e. The molecule has 27 heavy (non-hydrogen) atoms. The Bertz CT molecular complexity index is 1040. The lowest BCUT2D eigenvalue weighted by Gasteiger charge is -2.26. The third-order valence-corrected chi connectivity index (χ3v) is 4.90. The summed E-state index contributed by atoms with van der Waals surface area (Å²) in [5.41, 5.74) is 1.48. The summed E-state index contributed by atoms with van der Waals surface area (Å²) in [6.07, 6.45) is 3.01. The Balaban J connectivity index is 2.02. The molecule has 1 aliphatic rings. The Kier molecular flexibility index (Phi) is 5.42. The van der Waals surface area contributed by atoms with Crippen molar-refractivity contribution >= 4 is 40.5 Å². The van der Waals surface area contributed by atoms with Crippen molar-refractivity contribution in [2.24, 2.45) is 0 Å². The van der Waals surface area contributed by atoms with E-state index in [-0.39, 0.29) is 17.7 Å². The summed E-state index contributed by atoms with van der Waals surface area (Å²) < 4.78 is 6.96. The molecule has 6 heteroatoms. The highest BCUT2D eigenvalue weighted by Gasteiger charge is 2.34. The summed E-state index contributed by atoms with van der Waals surface area (Å²) in [7, 11) is 0. The summed E-state index contributed by atoms with van der Waals surface area (Å²) >= 11 is 2.23. The molecule has 5 nitrogen and oxygen atoms in total. The normalized spacial score (nSPS) is 16.0. The SMILES string of the molecule is C=CCN1C(=O)C(C#N)=C(C)/C(=C\c2ccc(-c3ccc(I)cc3)o2)C1=O. The minimum Gasteiger partial charge on any atom is -0.457 e. The first kappa shape index (κ1) is 18.9. The van der Waals surface area contributed by atoms with Gasteiger partial charge in [0.25, 0.3) is 11.8 Å². The highest BCUT2D eigenvalue weighted by Crippen LogP contribution is 2.29. The molecule has 0 atom stereocenters. The zero-order valence-electron chi connectivity index (χ0n) is 14.5. The summed E-state index contributed by atoms with van der Waals surface area (Å²) in [4.78, 5) is 26.0. The molecule has 1 aliphatic heterocycles. The number of halogens is 1. The first-order chi connectivity index (χ1) is 13.0. The summed E-state index contributed by atoms with van der Waals surface area (Å²) in [5, 5.41) is 9.32. The highest BCUT2D eigenvalue weighted by molar-refractivity contribution is 14.1. The van der Waals surface area contributed by atoms with Gasteiger partial charge < -0.3 is 4.42 Å². The van der Waals surface area contributed by atoms with Gasteiger partial charge in [0.05, 0.1) is 0 Å². The first-order valence-electron chi connectivity index (χ1n) is 8.12. The van der Waals surface area contributed by atoms with Crippen molar-refractivity contribution in [1.82, 2.24) is 4.90 Å². The van der Waals surface area contributed by atoms with Crippen LogP contribution in [0.5, 0.6) is 0 Å². The second-order valence-corrected chi connectivity index (χ2v) is 7.13. The van der Waals surface area contributed by atoms with E-state index in [1.807, 2.05) is 36.4 Å². The molecule has 0 spiro atoms. The smallest absolute Gasteiger partial charge is 0.271 e. The van der Waals surface area contributed by atoms with E-state index in [0.717, 1.165) is 14.0 Å². The van der Waals surface area contributed by atoms with E-state index < -0.39 is 11.8 Å².